The third-order valence-electron chi connectivity index (χ3n) is 2.12. The Kier molecular flexibility index (Phi) is 2.41. The van der Waals surface area contributed by atoms with Gasteiger partial charge < -0.3 is 9.73 Å². The normalized spacial score (nSPS) is 10.3. The number of anilines is 1. The summed E-state index contributed by atoms with van der Waals surface area (Å²) >= 11 is 0. The highest BCUT2D eigenvalue weighted by molar-refractivity contribution is 5.60. The quantitative estimate of drug-likeness (QED) is 0.821. The van der Waals surface area contributed by atoms with Crippen molar-refractivity contribution < 1.29 is 8.81 Å². The topological polar surface area (TPSA) is 38.1 Å². The van der Waals surface area contributed by atoms with Crippen LogP contribution in [0.2, 0.25) is 0 Å². The zero-order chi connectivity index (χ0) is 10.8. The van der Waals surface area contributed by atoms with Crippen LogP contribution in [-0.4, -0.2) is 12.0 Å². The predicted molar refractivity (Wildman–Crippen MR) is 56.2 cm³/mol. The van der Waals surface area contributed by atoms with Crippen molar-refractivity contribution in [2.75, 3.05) is 12.4 Å². The minimum atomic E-state index is -0.259. The summed E-state index contributed by atoms with van der Waals surface area (Å²) in [5.74, 6) is 0.407. The lowest BCUT2D eigenvalue weighted by Gasteiger charge is -1.96. The highest BCUT2D eigenvalue weighted by atomic mass is 19.1. The van der Waals surface area contributed by atoms with Crippen LogP contribution in [0.15, 0.2) is 28.7 Å². The number of rotatable bonds is 2. The molecule has 0 radical (unpaired) electrons. The first-order chi connectivity index (χ1) is 7.20. The van der Waals surface area contributed by atoms with Crippen LogP contribution in [0.5, 0.6) is 0 Å². The van der Waals surface area contributed by atoms with E-state index in [1.807, 2.05) is 6.92 Å². The molecular formula is C11H11FN2O. The fraction of sp³-hybridized carbons (Fsp3) is 0.182. The van der Waals surface area contributed by atoms with Gasteiger partial charge in [0.25, 0.3) is 6.01 Å². The highest BCUT2D eigenvalue weighted by Crippen LogP contribution is 2.26. The molecule has 0 aliphatic rings. The average Bonchev–Trinajstić information content (AvgIpc) is 2.61. The molecular weight excluding hydrogens is 195 g/mol. The molecule has 0 aliphatic heterocycles. The number of halogens is 1. The summed E-state index contributed by atoms with van der Waals surface area (Å²) in [7, 11) is 1.74. The molecule has 78 valence electrons. The van der Waals surface area contributed by atoms with Crippen LogP contribution in [0, 0.1) is 12.7 Å². The van der Waals surface area contributed by atoms with E-state index in [9.17, 15) is 4.39 Å². The molecule has 1 N–H and O–H groups in total. The second kappa shape index (κ2) is 3.73. The van der Waals surface area contributed by atoms with E-state index in [1.165, 1.54) is 12.1 Å². The molecule has 0 aliphatic carbocycles. The van der Waals surface area contributed by atoms with Gasteiger partial charge in [-0.15, -0.1) is 0 Å². The Bertz CT molecular complexity index is 462. The van der Waals surface area contributed by atoms with E-state index < -0.39 is 0 Å². The monoisotopic (exact) mass is 206 g/mol. The first-order valence-corrected chi connectivity index (χ1v) is 4.62. The minimum Gasteiger partial charge on any atom is -0.423 e. The van der Waals surface area contributed by atoms with Gasteiger partial charge in [0.2, 0.25) is 0 Å². The van der Waals surface area contributed by atoms with Crippen LogP contribution in [0.3, 0.4) is 0 Å². The Hall–Kier alpha value is -1.84. The molecule has 1 aromatic carbocycles. The van der Waals surface area contributed by atoms with Crippen molar-refractivity contribution in [3.63, 3.8) is 0 Å². The number of benzene rings is 1. The lowest BCUT2D eigenvalue weighted by atomic mass is 10.1. The zero-order valence-corrected chi connectivity index (χ0v) is 8.54. The number of nitrogens with zero attached hydrogens (tertiary/aromatic N) is 1. The standard InChI is InChI=1S/C11H11FN2O/c1-7-10(15-11(13-2)14-7)8-3-5-9(12)6-4-8/h3-6H,1-2H3,(H,13,14). The van der Waals surface area contributed by atoms with Crippen LogP contribution in [0.4, 0.5) is 10.4 Å². The van der Waals surface area contributed by atoms with E-state index in [0.717, 1.165) is 11.3 Å². The Labute approximate surface area is 86.9 Å². The van der Waals surface area contributed by atoms with Crippen LogP contribution in [0.1, 0.15) is 5.69 Å². The van der Waals surface area contributed by atoms with E-state index in [-0.39, 0.29) is 5.82 Å². The van der Waals surface area contributed by atoms with Crippen molar-refractivity contribution in [3.05, 3.63) is 35.8 Å². The summed E-state index contributed by atoms with van der Waals surface area (Å²) in [6.45, 7) is 1.85. The fourth-order valence-electron chi connectivity index (χ4n) is 1.37. The lowest BCUT2D eigenvalue weighted by molar-refractivity contribution is 0.588. The van der Waals surface area contributed by atoms with E-state index in [4.69, 9.17) is 4.42 Å². The summed E-state index contributed by atoms with van der Waals surface area (Å²) in [5, 5.41) is 2.82. The number of aromatic nitrogens is 1. The van der Waals surface area contributed by atoms with Crippen molar-refractivity contribution in [1.29, 1.82) is 0 Å². The van der Waals surface area contributed by atoms with Gasteiger partial charge in [-0.25, -0.2) is 4.39 Å². The summed E-state index contributed by atoms with van der Waals surface area (Å²) in [5.41, 5.74) is 1.61. The molecule has 0 unspecified atom stereocenters. The molecule has 15 heavy (non-hydrogen) atoms. The van der Waals surface area contributed by atoms with Crippen molar-refractivity contribution >= 4 is 6.01 Å². The van der Waals surface area contributed by atoms with Gasteiger partial charge in [-0.1, -0.05) is 0 Å². The molecule has 1 aromatic heterocycles. The first kappa shape index (κ1) is 9.71. The summed E-state index contributed by atoms with van der Waals surface area (Å²) in [6, 6.07) is 6.60. The molecule has 0 saturated carbocycles. The van der Waals surface area contributed by atoms with Crippen molar-refractivity contribution in [3.8, 4) is 11.3 Å². The first-order valence-electron chi connectivity index (χ1n) is 4.62. The second-order valence-electron chi connectivity index (χ2n) is 3.19. The molecule has 0 saturated heterocycles. The number of hydrogen-bond donors (Lipinski definition) is 1. The number of nitrogens with one attached hydrogen (secondary N) is 1. The largest absolute Gasteiger partial charge is 0.423 e. The summed E-state index contributed by atoms with van der Waals surface area (Å²) in [4.78, 5) is 4.16. The Morgan fingerprint density at radius 2 is 1.93 bits per heavy atom. The van der Waals surface area contributed by atoms with Crippen LogP contribution in [-0.2, 0) is 0 Å². The smallest absolute Gasteiger partial charge is 0.295 e. The highest BCUT2D eigenvalue weighted by Gasteiger charge is 2.10. The molecule has 2 aromatic rings. The zero-order valence-electron chi connectivity index (χ0n) is 8.54. The predicted octanol–water partition coefficient (Wildman–Crippen LogP) is 2.83. The van der Waals surface area contributed by atoms with Gasteiger partial charge in [0.1, 0.15) is 5.82 Å². The molecule has 0 amide bonds. The Balaban J connectivity index is 2.44. The number of oxazole rings is 1. The number of aryl methyl sites for hydroxylation is 1. The molecule has 3 nitrogen and oxygen atoms in total. The van der Waals surface area contributed by atoms with Gasteiger partial charge >= 0.3 is 0 Å². The van der Waals surface area contributed by atoms with E-state index in [2.05, 4.69) is 10.3 Å². The SMILES string of the molecule is CNc1nc(C)c(-c2ccc(F)cc2)o1. The second-order valence-corrected chi connectivity index (χ2v) is 3.19. The van der Waals surface area contributed by atoms with E-state index in [1.54, 1.807) is 19.2 Å². The third kappa shape index (κ3) is 1.83. The molecule has 0 spiro atoms. The summed E-state index contributed by atoms with van der Waals surface area (Å²) in [6.07, 6.45) is 0. The van der Waals surface area contributed by atoms with Gasteiger partial charge in [0.05, 0.1) is 5.69 Å². The third-order valence-corrected chi connectivity index (χ3v) is 2.12. The van der Waals surface area contributed by atoms with Crippen LogP contribution >= 0.6 is 0 Å². The van der Waals surface area contributed by atoms with E-state index in [0.29, 0.717) is 11.8 Å². The van der Waals surface area contributed by atoms with Crippen LogP contribution < -0.4 is 5.32 Å². The van der Waals surface area contributed by atoms with Crippen molar-refractivity contribution in [1.82, 2.24) is 4.98 Å². The maximum atomic E-state index is 12.7. The molecule has 4 heteroatoms. The van der Waals surface area contributed by atoms with Gasteiger partial charge in [-0.2, -0.15) is 4.98 Å². The average molecular weight is 206 g/mol. The minimum absolute atomic E-state index is 0.259. The molecule has 0 bridgehead atoms. The number of hydrogen-bond acceptors (Lipinski definition) is 3. The van der Waals surface area contributed by atoms with Crippen LogP contribution in [0.25, 0.3) is 11.3 Å². The van der Waals surface area contributed by atoms with Crippen molar-refractivity contribution in [2.45, 2.75) is 6.92 Å². The molecule has 1 heterocycles. The molecule has 0 atom stereocenters. The van der Waals surface area contributed by atoms with Gasteiger partial charge in [0.15, 0.2) is 5.76 Å². The maximum absolute atomic E-state index is 12.7. The van der Waals surface area contributed by atoms with Gasteiger partial charge in [-0.05, 0) is 31.2 Å². The molecule has 2 rings (SSSR count). The van der Waals surface area contributed by atoms with Gasteiger partial charge in [-0.3, -0.25) is 0 Å². The maximum Gasteiger partial charge on any atom is 0.295 e. The van der Waals surface area contributed by atoms with E-state index >= 15 is 0 Å². The van der Waals surface area contributed by atoms with Gasteiger partial charge in [0, 0.05) is 12.6 Å². The Morgan fingerprint density at radius 3 is 2.47 bits per heavy atom. The lowest BCUT2D eigenvalue weighted by Crippen LogP contribution is -1.85. The summed E-state index contributed by atoms with van der Waals surface area (Å²) < 4.78 is 18.2. The Morgan fingerprint density at radius 1 is 1.27 bits per heavy atom. The molecule has 0 fully saturated rings. The van der Waals surface area contributed by atoms with Crippen molar-refractivity contribution in [2.24, 2.45) is 0 Å². The fourth-order valence-corrected chi connectivity index (χ4v) is 1.37.